The number of amides is 1. The van der Waals surface area contributed by atoms with Crippen LogP contribution in [0.2, 0.25) is 0 Å². The quantitative estimate of drug-likeness (QED) is 0.472. The molecule has 0 radical (unpaired) electrons. The molecule has 118 valence electrons. The molecule has 1 aromatic carbocycles. The van der Waals surface area contributed by atoms with Gasteiger partial charge in [0, 0.05) is 28.8 Å². The first-order valence-electron chi connectivity index (χ1n) is 7.84. The lowest BCUT2D eigenvalue weighted by atomic mass is 10.1. The summed E-state index contributed by atoms with van der Waals surface area (Å²) in [5.74, 6) is 0.0810. The highest BCUT2D eigenvalue weighted by atomic mass is 127. The van der Waals surface area contributed by atoms with Crippen LogP contribution in [-0.4, -0.2) is 35.6 Å². The Labute approximate surface area is 141 Å². The van der Waals surface area contributed by atoms with E-state index in [1.165, 1.54) is 25.7 Å². The number of hydrogen-bond acceptors (Lipinski definition) is 2. The Morgan fingerprint density at radius 3 is 2.52 bits per heavy atom. The molecule has 0 aliphatic carbocycles. The molecule has 21 heavy (non-hydrogen) atoms. The average molecular weight is 403 g/mol. The second-order valence-corrected chi connectivity index (χ2v) is 6.54. The summed E-state index contributed by atoms with van der Waals surface area (Å²) in [7, 11) is 0. The van der Waals surface area contributed by atoms with Crippen molar-refractivity contribution in [3.8, 4) is 0 Å². The van der Waals surface area contributed by atoms with Crippen molar-refractivity contribution in [1.82, 2.24) is 4.90 Å². The normalized spacial score (nSPS) is 10.6. The molecule has 0 aromatic heterocycles. The van der Waals surface area contributed by atoms with E-state index in [9.17, 15) is 4.79 Å². The number of carbonyl (C=O) groups is 1. The summed E-state index contributed by atoms with van der Waals surface area (Å²) in [6.07, 6.45) is 6.59. The van der Waals surface area contributed by atoms with Crippen LogP contribution in [0.25, 0.3) is 0 Å². The number of hydrogen-bond donors (Lipinski definition) is 1. The van der Waals surface area contributed by atoms with Crippen molar-refractivity contribution in [2.75, 3.05) is 19.7 Å². The first kappa shape index (κ1) is 18.4. The van der Waals surface area contributed by atoms with E-state index in [1.54, 1.807) is 0 Å². The molecular weight excluding hydrogens is 377 g/mol. The molecule has 3 nitrogen and oxygen atoms in total. The van der Waals surface area contributed by atoms with Gasteiger partial charge >= 0.3 is 0 Å². The molecule has 1 aromatic rings. The molecule has 0 aliphatic rings. The highest BCUT2D eigenvalue weighted by Crippen LogP contribution is 2.12. The summed E-state index contributed by atoms with van der Waals surface area (Å²) in [5, 5.41) is 9.01. The number of halogens is 1. The van der Waals surface area contributed by atoms with E-state index in [4.69, 9.17) is 5.11 Å². The van der Waals surface area contributed by atoms with Crippen LogP contribution in [0.3, 0.4) is 0 Å². The number of nitrogens with zero attached hydrogens (tertiary/aromatic N) is 1. The fraction of sp³-hybridized carbons (Fsp3) is 0.588. The predicted molar refractivity (Wildman–Crippen MR) is 95.5 cm³/mol. The molecule has 4 heteroatoms. The van der Waals surface area contributed by atoms with Crippen molar-refractivity contribution in [2.45, 2.75) is 45.4 Å². The molecule has 1 N–H and O–H groups in total. The molecule has 0 aliphatic heterocycles. The Balaban J connectivity index is 2.56. The van der Waals surface area contributed by atoms with Crippen LogP contribution in [0.5, 0.6) is 0 Å². The fourth-order valence-corrected chi connectivity index (χ4v) is 2.83. The zero-order chi connectivity index (χ0) is 15.5. The molecular formula is C17H26INO2. The molecule has 0 spiro atoms. The standard InChI is InChI=1S/C17H26INO2/c1-2-3-4-5-6-11-19(12-8-13-20)17(21)15-9-7-10-16(18)14-15/h7,9-10,14,20H,2-6,8,11-13H2,1H3. The minimum absolute atomic E-state index is 0.0810. The van der Waals surface area contributed by atoms with E-state index < -0.39 is 0 Å². The van der Waals surface area contributed by atoms with Gasteiger partial charge in [-0.05, 0) is 53.6 Å². The number of aliphatic hydroxyl groups excluding tert-OH is 1. The van der Waals surface area contributed by atoms with E-state index in [0.717, 1.165) is 22.1 Å². The van der Waals surface area contributed by atoms with Crippen LogP contribution >= 0.6 is 22.6 Å². The number of carbonyl (C=O) groups excluding carboxylic acids is 1. The Morgan fingerprint density at radius 2 is 1.86 bits per heavy atom. The van der Waals surface area contributed by atoms with Crippen LogP contribution in [0.4, 0.5) is 0 Å². The molecule has 0 fully saturated rings. The Kier molecular flexibility index (Phi) is 9.67. The predicted octanol–water partition coefficient (Wildman–Crippen LogP) is 4.09. The summed E-state index contributed by atoms with van der Waals surface area (Å²) in [6.45, 7) is 3.75. The molecule has 0 saturated carbocycles. The SMILES string of the molecule is CCCCCCCN(CCCO)C(=O)c1cccc(I)c1. The van der Waals surface area contributed by atoms with E-state index in [1.807, 2.05) is 29.2 Å². The largest absolute Gasteiger partial charge is 0.396 e. The summed E-state index contributed by atoms with van der Waals surface area (Å²) < 4.78 is 1.07. The lowest BCUT2D eigenvalue weighted by Gasteiger charge is -2.22. The average Bonchev–Trinajstić information content (AvgIpc) is 2.49. The Morgan fingerprint density at radius 1 is 1.14 bits per heavy atom. The van der Waals surface area contributed by atoms with Crippen LogP contribution in [0.15, 0.2) is 24.3 Å². The van der Waals surface area contributed by atoms with Gasteiger partial charge in [0.2, 0.25) is 0 Å². The van der Waals surface area contributed by atoms with Crippen LogP contribution < -0.4 is 0 Å². The first-order chi connectivity index (χ1) is 10.2. The van der Waals surface area contributed by atoms with E-state index in [-0.39, 0.29) is 12.5 Å². The molecule has 0 bridgehead atoms. The fourth-order valence-electron chi connectivity index (χ4n) is 2.29. The number of benzene rings is 1. The van der Waals surface area contributed by atoms with Crippen LogP contribution in [0.1, 0.15) is 55.8 Å². The van der Waals surface area contributed by atoms with Crippen molar-refractivity contribution in [3.05, 3.63) is 33.4 Å². The minimum atomic E-state index is 0.0810. The van der Waals surface area contributed by atoms with Crippen molar-refractivity contribution in [1.29, 1.82) is 0 Å². The van der Waals surface area contributed by atoms with E-state index in [2.05, 4.69) is 29.5 Å². The molecule has 1 rings (SSSR count). The van der Waals surface area contributed by atoms with E-state index in [0.29, 0.717) is 13.0 Å². The van der Waals surface area contributed by atoms with Gasteiger partial charge in [-0.1, -0.05) is 38.7 Å². The topological polar surface area (TPSA) is 40.5 Å². The second kappa shape index (κ2) is 11.0. The first-order valence-corrected chi connectivity index (χ1v) is 8.92. The minimum Gasteiger partial charge on any atom is -0.396 e. The number of rotatable bonds is 10. The highest BCUT2D eigenvalue weighted by Gasteiger charge is 2.15. The Bertz CT molecular complexity index is 423. The maximum atomic E-state index is 12.6. The van der Waals surface area contributed by atoms with Gasteiger partial charge < -0.3 is 10.0 Å². The lowest BCUT2D eigenvalue weighted by molar-refractivity contribution is 0.0741. The third-order valence-corrected chi connectivity index (χ3v) is 4.15. The summed E-state index contributed by atoms with van der Waals surface area (Å²) in [6, 6.07) is 7.69. The number of unbranched alkanes of at least 4 members (excludes halogenated alkanes) is 4. The second-order valence-electron chi connectivity index (χ2n) is 5.29. The van der Waals surface area contributed by atoms with Gasteiger partial charge in [-0.25, -0.2) is 0 Å². The molecule has 0 heterocycles. The van der Waals surface area contributed by atoms with Crippen molar-refractivity contribution < 1.29 is 9.90 Å². The van der Waals surface area contributed by atoms with E-state index >= 15 is 0 Å². The smallest absolute Gasteiger partial charge is 0.253 e. The molecule has 0 atom stereocenters. The van der Waals surface area contributed by atoms with Gasteiger partial charge in [-0.15, -0.1) is 0 Å². The third-order valence-electron chi connectivity index (χ3n) is 3.48. The zero-order valence-corrected chi connectivity index (χ0v) is 15.0. The van der Waals surface area contributed by atoms with Gasteiger partial charge in [-0.2, -0.15) is 0 Å². The van der Waals surface area contributed by atoms with Gasteiger partial charge in [-0.3, -0.25) is 4.79 Å². The third kappa shape index (κ3) is 7.27. The highest BCUT2D eigenvalue weighted by molar-refractivity contribution is 14.1. The van der Waals surface area contributed by atoms with Crippen LogP contribution in [-0.2, 0) is 0 Å². The monoisotopic (exact) mass is 403 g/mol. The van der Waals surface area contributed by atoms with Crippen molar-refractivity contribution >= 4 is 28.5 Å². The number of aliphatic hydroxyl groups is 1. The molecule has 0 unspecified atom stereocenters. The maximum Gasteiger partial charge on any atom is 0.253 e. The lowest BCUT2D eigenvalue weighted by Crippen LogP contribution is -2.33. The van der Waals surface area contributed by atoms with Gasteiger partial charge in [0.15, 0.2) is 0 Å². The van der Waals surface area contributed by atoms with Gasteiger partial charge in [0.1, 0.15) is 0 Å². The summed E-state index contributed by atoms with van der Waals surface area (Å²) in [4.78, 5) is 14.4. The van der Waals surface area contributed by atoms with Gasteiger partial charge in [0.25, 0.3) is 5.91 Å². The van der Waals surface area contributed by atoms with Crippen molar-refractivity contribution in [3.63, 3.8) is 0 Å². The zero-order valence-electron chi connectivity index (χ0n) is 12.9. The van der Waals surface area contributed by atoms with Crippen molar-refractivity contribution in [2.24, 2.45) is 0 Å². The molecule has 0 saturated heterocycles. The van der Waals surface area contributed by atoms with Gasteiger partial charge in [0.05, 0.1) is 0 Å². The molecule has 1 amide bonds. The summed E-state index contributed by atoms with van der Waals surface area (Å²) >= 11 is 2.22. The Hall–Kier alpha value is -0.620. The summed E-state index contributed by atoms with van der Waals surface area (Å²) in [5.41, 5.74) is 0.744. The maximum absolute atomic E-state index is 12.6. The van der Waals surface area contributed by atoms with Crippen LogP contribution in [0, 0.1) is 3.57 Å².